The number of hydrogen-bond donors (Lipinski definition) is 0. The van der Waals surface area contributed by atoms with E-state index in [9.17, 15) is 9.59 Å². The molecule has 1 aromatic heterocycles. The van der Waals surface area contributed by atoms with Gasteiger partial charge in [-0.1, -0.05) is 6.07 Å². The summed E-state index contributed by atoms with van der Waals surface area (Å²) in [4.78, 5) is 34.7. The molecule has 1 aliphatic rings. The van der Waals surface area contributed by atoms with E-state index in [0.717, 1.165) is 36.7 Å². The minimum absolute atomic E-state index is 0.0144. The first kappa shape index (κ1) is 21.8. The highest BCUT2D eigenvalue weighted by atomic mass is 16.5. The second-order valence-electron chi connectivity index (χ2n) is 7.65. The number of piperazine rings is 1. The van der Waals surface area contributed by atoms with Crippen molar-refractivity contribution >= 4 is 23.8 Å². The van der Waals surface area contributed by atoms with Crippen LogP contribution in [0.5, 0.6) is 0 Å². The molecule has 2 amide bonds. The van der Waals surface area contributed by atoms with E-state index in [1.807, 2.05) is 11.8 Å². The fourth-order valence-electron chi connectivity index (χ4n) is 3.68. The number of anilines is 2. The number of rotatable bonds is 7. The van der Waals surface area contributed by atoms with Crippen molar-refractivity contribution in [1.29, 1.82) is 0 Å². The average Bonchev–Trinajstić information content (AvgIpc) is 2.77. The maximum absolute atomic E-state index is 12.9. The Labute approximate surface area is 178 Å². The molecule has 0 saturated carbocycles. The number of methoxy groups -OCH3 is 1. The summed E-state index contributed by atoms with van der Waals surface area (Å²) in [6.07, 6.45) is 0.776. The van der Waals surface area contributed by atoms with Crippen molar-refractivity contribution in [1.82, 2.24) is 9.88 Å². The molecule has 0 atom stereocenters. The van der Waals surface area contributed by atoms with E-state index in [0.29, 0.717) is 31.8 Å². The van der Waals surface area contributed by atoms with Crippen LogP contribution in [-0.4, -0.2) is 68.6 Å². The van der Waals surface area contributed by atoms with Crippen LogP contribution in [0.3, 0.4) is 0 Å². The molecular weight excluding hydrogens is 380 g/mol. The van der Waals surface area contributed by atoms with Gasteiger partial charge >= 0.3 is 0 Å². The van der Waals surface area contributed by atoms with Crippen LogP contribution in [0.2, 0.25) is 0 Å². The molecule has 7 nitrogen and oxygen atoms in total. The molecule has 0 N–H and O–H groups in total. The van der Waals surface area contributed by atoms with E-state index in [-0.39, 0.29) is 5.91 Å². The first-order chi connectivity index (χ1) is 14.4. The van der Waals surface area contributed by atoms with Crippen LogP contribution in [-0.2, 0) is 9.53 Å². The van der Waals surface area contributed by atoms with Gasteiger partial charge in [-0.15, -0.1) is 0 Å². The van der Waals surface area contributed by atoms with Crippen LogP contribution in [0.1, 0.15) is 27.2 Å². The quantitative estimate of drug-likeness (QED) is 0.657. The third-order valence-electron chi connectivity index (χ3n) is 5.61. The van der Waals surface area contributed by atoms with Gasteiger partial charge in [0.05, 0.1) is 6.61 Å². The van der Waals surface area contributed by atoms with Gasteiger partial charge in [-0.2, -0.15) is 0 Å². The van der Waals surface area contributed by atoms with E-state index in [1.54, 1.807) is 36.3 Å². The zero-order valence-corrected chi connectivity index (χ0v) is 18.2. The molecular formula is C23H30N4O3. The minimum atomic E-state index is 0.0144. The lowest BCUT2D eigenvalue weighted by atomic mass is 10.1. The Morgan fingerprint density at radius 1 is 1.10 bits per heavy atom. The van der Waals surface area contributed by atoms with Gasteiger partial charge in [-0.25, -0.2) is 4.98 Å². The topological polar surface area (TPSA) is 66.0 Å². The van der Waals surface area contributed by atoms with Gasteiger partial charge < -0.3 is 19.4 Å². The van der Waals surface area contributed by atoms with Crippen LogP contribution < -0.4 is 9.80 Å². The SMILES string of the molecule is COCCN(C=O)c1ccc(C(=O)N2CCN(c3nc(C)c(C)cc3C)CC2)cc1. The molecule has 1 saturated heterocycles. The fourth-order valence-corrected chi connectivity index (χ4v) is 3.68. The lowest BCUT2D eigenvalue weighted by Crippen LogP contribution is -2.49. The summed E-state index contributed by atoms with van der Waals surface area (Å²) >= 11 is 0. The van der Waals surface area contributed by atoms with Gasteiger partial charge in [0, 0.05) is 56.8 Å². The summed E-state index contributed by atoms with van der Waals surface area (Å²) in [5, 5.41) is 0. The molecule has 1 fully saturated rings. The van der Waals surface area contributed by atoms with Crippen LogP contribution >= 0.6 is 0 Å². The number of pyridine rings is 1. The third-order valence-corrected chi connectivity index (χ3v) is 5.61. The molecule has 0 spiro atoms. The first-order valence-electron chi connectivity index (χ1n) is 10.2. The smallest absolute Gasteiger partial charge is 0.253 e. The maximum Gasteiger partial charge on any atom is 0.253 e. The Balaban J connectivity index is 1.62. The Kier molecular flexibility index (Phi) is 7.05. The molecule has 2 aromatic rings. The van der Waals surface area contributed by atoms with Crippen molar-refractivity contribution in [2.45, 2.75) is 20.8 Å². The number of ether oxygens (including phenoxy) is 1. The summed E-state index contributed by atoms with van der Waals surface area (Å²) in [7, 11) is 1.60. The summed E-state index contributed by atoms with van der Waals surface area (Å²) in [5.41, 5.74) is 4.79. The number of carbonyl (C=O) groups is 2. The molecule has 160 valence electrons. The van der Waals surface area contributed by atoms with Crippen molar-refractivity contribution < 1.29 is 14.3 Å². The highest BCUT2D eigenvalue weighted by Gasteiger charge is 2.24. The average molecular weight is 411 g/mol. The van der Waals surface area contributed by atoms with Crippen molar-refractivity contribution in [2.24, 2.45) is 0 Å². The van der Waals surface area contributed by atoms with Crippen LogP contribution in [0.25, 0.3) is 0 Å². The Hall–Kier alpha value is -2.93. The Morgan fingerprint density at radius 2 is 1.77 bits per heavy atom. The third kappa shape index (κ3) is 4.79. The molecule has 0 unspecified atom stereocenters. The number of amides is 2. The zero-order chi connectivity index (χ0) is 21.7. The summed E-state index contributed by atoms with van der Waals surface area (Å²) < 4.78 is 5.03. The lowest BCUT2D eigenvalue weighted by Gasteiger charge is -2.36. The van der Waals surface area contributed by atoms with E-state index in [1.165, 1.54) is 11.1 Å². The standard InChI is InChI=1S/C23H30N4O3/c1-17-15-18(2)22(24-19(17)3)25-9-11-26(12-10-25)23(29)20-5-7-21(8-6-20)27(16-28)13-14-30-4/h5-8,15-16H,9-14H2,1-4H3. The number of hydrogen-bond acceptors (Lipinski definition) is 5. The van der Waals surface area contributed by atoms with Crippen molar-refractivity contribution in [3.05, 3.63) is 52.7 Å². The predicted molar refractivity (Wildman–Crippen MR) is 118 cm³/mol. The van der Waals surface area contributed by atoms with Crippen LogP contribution in [0.15, 0.2) is 30.3 Å². The minimum Gasteiger partial charge on any atom is -0.383 e. The monoisotopic (exact) mass is 410 g/mol. The predicted octanol–water partition coefficient (Wildman–Crippen LogP) is 2.58. The molecule has 0 aliphatic carbocycles. The molecule has 2 heterocycles. The summed E-state index contributed by atoms with van der Waals surface area (Å²) in [6.45, 7) is 9.95. The molecule has 7 heteroatoms. The fraction of sp³-hybridized carbons (Fsp3) is 0.435. The number of benzene rings is 1. The summed E-state index contributed by atoms with van der Waals surface area (Å²) in [5.74, 6) is 1.03. The molecule has 0 radical (unpaired) electrons. The van der Waals surface area contributed by atoms with E-state index in [4.69, 9.17) is 9.72 Å². The van der Waals surface area contributed by atoms with Crippen LogP contribution in [0, 0.1) is 20.8 Å². The zero-order valence-electron chi connectivity index (χ0n) is 18.2. The number of nitrogens with zero attached hydrogens (tertiary/aromatic N) is 4. The van der Waals surface area contributed by atoms with E-state index >= 15 is 0 Å². The van der Waals surface area contributed by atoms with Gasteiger partial charge in [0.1, 0.15) is 5.82 Å². The van der Waals surface area contributed by atoms with Crippen molar-refractivity contribution in [3.63, 3.8) is 0 Å². The number of aromatic nitrogens is 1. The lowest BCUT2D eigenvalue weighted by molar-refractivity contribution is -0.107. The molecule has 1 aliphatic heterocycles. The second-order valence-corrected chi connectivity index (χ2v) is 7.65. The van der Waals surface area contributed by atoms with Gasteiger partial charge in [-0.3, -0.25) is 9.59 Å². The van der Waals surface area contributed by atoms with Gasteiger partial charge in [0.2, 0.25) is 6.41 Å². The van der Waals surface area contributed by atoms with Gasteiger partial charge in [0.15, 0.2) is 0 Å². The normalized spacial score (nSPS) is 14.0. The van der Waals surface area contributed by atoms with Gasteiger partial charge in [-0.05, 0) is 56.2 Å². The summed E-state index contributed by atoms with van der Waals surface area (Å²) in [6, 6.07) is 9.34. The first-order valence-corrected chi connectivity index (χ1v) is 10.2. The molecule has 3 rings (SSSR count). The van der Waals surface area contributed by atoms with Gasteiger partial charge in [0.25, 0.3) is 5.91 Å². The highest BCUT2D eigenvalue weighted by Crippen LogP contribution is 2.22. The maximum atomic E-state index is 12.9. The molecule has 0 bridgehead atoms. The highest BCUT2D eigenvalue weighted by molar-refractivity contribution is 5.95. The Morgan fingerprint density at radius 3 is 2.37 bits per heavy atom. The largest absolute Gasteiger partial charge is 0.383 e. The van der Waals surface area contributed by atoms with E-state index < -0.39 is 0 Å². The van der Waals surface area contributed by atoms with Crippen LogP contribution in [0.4, 0.5) is 11.5 Å². The number of carbonyl (C=O) groups excluding carboxylic acids is 2. The second kappa shape index (κ2) is 9.71. The van der Waals surface area contributed by atoms with Crippen molar-refractivity contribution in [2.75, 3.05) is 56.2 Å². The van der Waals surface area contributed by atoms with E-state index in [2.05, 4.69) is 24.8 Å². The Bertz CT molecular complexity index is 890. The van der Waals surface area contributed by atoms with Crippen molar-refractivity contribution in [3.8, 4) is 0 Å². The molecule has 1 aromatic carbocycles. The molecule has 30 heavy (non-hydrogen) atoms. The number of aryl methyl sites for hydroxylation is 3.